The van der Waals surface area contributed by atoms with Crippen molar-refractivity contribution in [1.82, 2.24) is 10.2 Å². The molecular formula is C14H19ClN2O3S. The van der Waals surface area contributed by atoms with Crippen molar-refractivity contribution >= 4 is 27.3 Å². The minimum absolute atomic E-state index is 0.122. The number of sulfone groups is 1. The second-order valence-corrected chi connectivity index (χ2v) is 7.91. The lowest BCUT2D eigenvalue weighted by Crippen LogP contribution is -2.56. The molecule has 1 saturated heterocycles. The zero-order valence-corrected chi connectivity index (χ0v) is 13.6. The molecule has 2 rings (SSSR count). The van der Waals surface area contributed by atoms with Gasteiger partial charge in [-0.3, -0.25) is 4.79 Å². The zero-order chi connectivity index (χ0) is 15.6. The molecule has 21 heavy (non-hydrogen) atoms. The van der Waals surface area contributed by atoms with Crippen LogP contribution in [0.4, 0.5) is 0 Å². The van der Waals surface area contributed by atoms with E-state index in [0.29, 0.717) is 18.1 Å². The first-order valence-corrected chi connectivity index (χ1v) is 8.83. The number of hydrogen-bond donors (Lipinski definition) is 1. The lowest BCUT2D eigenvalue weighted by atomic mass is 10.1. The lowest BCUT2D eigenvalue weighted by Gasteiger charge is -2.36. The smallest absolute Gasteiger partial charge is 0.238 e. The summed E-state index contributed by atoms with van der Waals surface area (Å²) in [5, 5.41) is 3.77. The van der Waals surface area contributed by atoms with Crippen molar-refractivity contribution in [2.24, 2.45) is 0 Å². The van der Waals surface area contributed by atoms with Crippen LogP contribution < -0.4 is 5.32 Å². The minimum atomic E-state index is -3.63. The van der Waals surface area contributed by atoms with Crippen LogP contribution in [-0.2, 0) is 14.6 Å². The summed E-state index contributed by atoms with van der Waals surface area (Å²) in [4.78, 5) is 14.0. The predicted molar refractivity (Wildman–Crippen MR) is 82.1 cm³/mol. The molecule has 1 aliphatic rings. The van der Waals surface area contributed by atoms with Gasteiger partial charge in [0.25, 0.3) is 0 Å². The van der Waals surface area contributed by atoms with Crippen molar-refractivity contribution in [3.63, 3.8) is 0 Å². The summed E-state index contributed by atoms with van der Waals surface area (Å²) in [7, 11) is -3.63. The second kappa shape index (κ2) is 6.34. The summed E-state index contributed by atoms with van der Waals surface area (Å²) in [5.74, 6) is -0.862. The number of carbonyl (C=O) groups excluding carboxylic acids is 1. The highest BCUT2D eigenvalue weighted by molar-refractivity contribution is 7.92. The molecule has 0 aromatic heterocycles. The fourth-order valence-electron chi connectivity index (χ4n) is 2.51. The molecule has 0 saturated carbocycles. The quantitative estimate of drug-likeness (QED) is 0.907. The van der Waals surface area contributed by atoms with E-state index in [1.54, 1.807) is 4.90 Å². The summed E-state index contributed by atoms with van der Waals surface area (Å²) in [6.07, 6.45) is 0. The first-order chi connectivity index (χ1) is 9.78. The van der Waals surface area contributed by atoms with Gasteiger partial charge in [0.15, 0.2) is 9.84 Å². The van der Waals surface area contributed by atoms with E-state index in [2.05, 4.69) is 5.32 Å². The number of amides is 1. The Hall–Kier alpha value is -1.11. The largest absolute Gasteiger partial charge is 0.339 e. The van der Waals surface area contributed by atoms with Crippen LogP contribution in [0.5, 0.6) is 0 Å². The van der Waals surface area contributed by atoms with Crippen LogP contribution in [0.2, 0.25) is 5.02 Å². The number of piperazine rings is 1. The molecule has 0 spiro atoms. The van der Waals surface area contributed by atoms with Gasteiger partial charge < -0.3 is 10.2 Å². The van der Waals surface area contributed by atoms with Gasteiger partial charge in [-0.1, -0.05) is 11.6 Å². The molecule has 5 nitrogen and oxygen atoms in total. The standard InChI is InChI=1S/C14H19ClN2O3S/c1-10-7-17(8-11(2)16-10)14(18)9-21(19,20)13-5-3-12(15)4-6-13/h3-6,10-11,16H,7-9H2,1-2H3. The molecule has 1 fully saturated rings. The Labute approximate surface area is 130 Å². The molecule has 116 valence electrons. The van der Waals surface area contributed by atoms with Crippen molar-refractivity contribution < 1.29 is 13.2 Å². The number of nitrogens with zero attached hydrogens (tertiary/aromatic N) is 1. The molecule has 0 radical (unpaired) electrons. The van der Waals surface area contributed by atoms with Gasteiger partial charge in [-0.25, -0.2) is 8.42 Å². The lowest BCUT2D eigenvalue weighted by molar-refractivity contribution is -0.130. The van der Waals surface area contributed by atoms with E-state index in [1.165, 1.54) is 24.3 Å². The van der Waals surface area contributed by atoms with Gasteiger partial charge in [0.05, 0.1) is 4.90 Å². The van der Waals surface area contributed by atoms with Gasteiger partial charge in [-0.05, 0) is 38.1 Å². The van der Waals surface area contributed by atoms with Crippen molar-refractivity contribution in [2.45, 2.75) is 30.8 Å². The Morgan fingerprint density at radius 2 is 1.76 bits per heavy atom. The Balaban J connectivity index is 2.09. The molecule has 1 heterocycles. The first kappa shape index (κ1) is 16.3. The van der Waals surface area contributed by atoms with Gasteiger partial charge in [-0.2, -0.15) is 0 Å². The molecule has 1 N–H and O–H groups in total. The van der Waals surface area contributed by atoms with E-state index >= 15 is 0 Å². The summed E-state index contributed by atoms with van der Waals surface area (Å²) in [6, 6.07) is 6.19. The average molecular weight is 331 g/mol. The molecular weight excluding hydrogens is 312 g/mol. The summed E-state index contributed by atoms with van der Waals surface area (Å²) < 4.78 is 24.5. The van der Waals surface area contributed by atoms with Crippen LogP contribution in [0.1, 0.15) is 13.8 Å². The minimum Gasteiger partial charge on any atom is -0.339 e. The third kappa shape index (κ3) is 4.18. The normalized spacial score (nSPS) is 23.1. The van der Waals surface area contributed by atoms with E-state index in [9.17, 15) is 13.2 Å². The van der Waals surface area contributed by atoms with Gasteiger partial charge in [0.1, 0.15) is 5.75 Å². The Morgan fingerprint density at radius 3 is 2.29 bits per heavy atom. The molecule has 1 amide bonds. The summed E-state index contributed by atoms with van der Waals surface area (Å²) in [5.41, 5.74) is 0. The number of hydrogen-bond acceptors (Lipinski definition) is 4. The van der Waals surface area contributed by atoms with E-state index in [1.807, 2.05) is 13.8 Å². The van der Waals surface area contributed by atoms with Crippen LogP contribution in [0.25, 0.3) is 0 Å². The van der Waals surface area contributed by atoms with Gasteiger partial charge in [0, 0.05) is 30.2 Å². The Bertz CT molecular complexity index is 606. The third-order valence-corrected chi connectivity index (χ3v) is 5.27. The van der Waals surface area contributed by atoms with E-state index < -0.39 is 15.6 Å². The Morgan fingerprint density at radius 1 is 1.24 bits per heavy atom. The second-order valence-electron chi connectivity index (χ2n) is 5.48. The highest BCUT2D eigenvalue weighted by Gasteiger charge is 2.28. The maximum Gasteiger partial charge on any atom is 0.238 e. The fourth-order valence-corrected chi connectivity index (χ4v) is 3.86. The molecule has 0 bridgehead atoms. The maximum absolute atomic E-state index is 12.3. The van der Waals surface area contributed by atoms with Crippen molar-refractivity contribution in [2.75, 3.05) is 18.8 Å². The molecule has 2 atom stereocenters. The maximum atomic E-state index is 12.3. The molecule has 1 aromatic rings. The predicted octanol–water partition coefficient (Wildman–Crippen LogP) is 1.32. The number of carbonyl (C=O) groups is 1. The van der Waals surface area contributed by atoms with E-state index in [4.69, 9.17) is 11.6 Å². The van der Waals surface area contributed by atoms with Gasteiger partial charge in [0.2, 0.25) is 5.91 Å². The van der Waals surface area contributed by atoms with Crippen LogP contribution in [0, 0.1) is 0 Å². The zero-order valence-electron chi connectivity index (χ0n) is 12.0. The third-order valence-electron chi connectivity index (χ3n) is 3.40. The van der Waals surface area contributed by atoms with Crippen LogP contribution in [0.15, 0.2) is 29.2 Å². The number of halogens is 1. The topological polar surface area (TPSA) is 66.5 Å². The number of rotatable bonds is 3. The van der Waals surface area contributed by atoms with Crippen molar-refractivity contribution in [3.8, 4) is 0 Å². The fraction of sp³-hybridized carbons (Fsp3) is 0.500. The van der Waals surface area contributed by atoms with Crippen molar-refractivity contribution in [1.29, 1.82) is 0 Å². The molecule has 1 aliphatic heterocycles. The molecule has 7 heteroatoms. The first-order valence-electron chi connectivity index (χ1n) is 6.80. The monoisotopic (exact) mass is 330 g/mol. The SMILES string of the molecule is CC1CN(C(=O)CS(=O)(=O)c2ccc(Cl)cc2)CC(C)N1. The van der Waals surface area contributed by atoms with E-state index in [-0.39, 0.29) is 22.9 Å². The van der Waals surface area contributed by atoms with Crippen LogP contribution >= 0.6 is 11.6 Å². The highest BCUT2D eigenvalue weighted by Crippen LogP contribution is 2.16. The van der Waals surface area contributed by atoms with E-state index in [0.717, 1.165) is 0 Å². The highest BCUT2D eigenvalue weighted by atomic mass is 35.5. The average Bonchev–Trinajstić information content (AvgIpc) is 2.37. The molecule has 1 aromatic carbocycles. The van der Waals surface area contributed by atoms with Gasteiger partial charge in [-0.15, -0.1) is 0 Å². The van der Waals surface area contributed by atoms with Crippen LogP contribution in [0.3, 0.4) is 0 Å². The molecule has 0 aliphatic carbocycles. The summed E-state index contributed by atoms with van der Waals surface area (Å²) >= 11 is 5.74. The number of nitrogens with one attached hydrogen (secondary N) is 1. The van der Waals surface area contributed by atoms with Crippen LogP contribution in [-0.4, -0.2) is 50.2 Å². The Kier molecular flexibility index (Phi) is 4.91. The molecule has 2 unspecified atom stereocenters. The number of benzene rings is 1. The van der Waals surface area contributed by atoms with Crippen molar-refractivity contribution in [3.05, 3.63) is 29.3 Å². The van der Waals surface area contributed by atoms with Gasteiger partial charge >= 0.3 is 0 Å². The summed E-state index contributed by atoms with van der Waals surface area (Å²) in [6.45, 7) is 5.01.